The zero-order chi connectivity index (χ0) is 22.1. The molecule has 160 valence electrons. The van der Waals surface area contributed by atoms with E-state index in [9.17, 15) is 4.79 Å². The van der Waals surface area contributed by atoms with E-state index in [1.54, 1.807) is 4.68 Å². The number of fused-ring (bicyclic) bond motifs is 1. The maximum atomic E-state index is 12.8. The molecule has 0 atom stereocenters. The van der Waals surface area contributed by atoms with Crippen LogP contribution >= 0.6 is 34.7 Å². The molecular weight excluding hydrogens is 468 g/mol. The first kappa shape index (κ1) is 20.6. The first-order chi connectivity index (χ1) is 15.6. The van der Waals surface area contributed by atoms with Gasteiger partial charge in [-0.2, -0.15) is 9.78 Å². The van der Waals surface area contributed by atoms with E-state index in [1.165, 1.54) is 34.0 Å². The topological polar surface area (TPSA) is 103 Å². The number of rotatable bonds is 6. The van der Waals surface area contributed by atoms with Crippen molar-refractivity contribution >= 4 is 56.6 Å². The van der Waals surface area contributed by atoms with Gasteiger partial charge in [0.25, 0.3) is 5.56 Å². The van der Waals surface area contributed by atoms with Crippen molar-refractivity contribution in [2.45, 2.75) is 17.1 Å². The van der Waals surface area contributed by atoms with Crippen LogP contribution in [-0.2, 0) is 5.88 Å². The number of nitrogens with zero attached hydrogens (tertiary/aromatic N) is 7. The fourth-order valence-electron chi connectivity index (χ4n) is 2.94. The summed E-state index contributed by atoms with van der Waals surface area (Å²) in [5, 5.41) is 25.8. The van der Waals surface area contributed by atoms with Crippen LogP contribution in [0.3, 0.4) is 0 Å². The highest BCUT2D eigenvalue weighted by atomic mass is 35.5. The molecule has 0 spiro atoms. The van der Waals surface area contributed by atoms with Crippen LogP contribution in [-0.4, -0.2) is 35.0 Å². The summed E-state index contributed by atoms with van der Waals surface area (Å²) in [4.78, 5) is 12.8. The van der Waals surface area contributed by atoms with Crippen LogP contribution in [0.1, 0.15) is 5.56 Å². The van der Waals surface area contributed by atoms with Crippen molar-refractivity contribution < 1.29 is 0 Å². The summed E-state index contributed by atoms with van der Waals surface area (Å²) in [5.41, 5.74) is 2.80. The SMILES string of the molecule is Cc1ccc(Nc2nnc(SCn3nnc4c(cnn4-c4ccccc4)c3=O)s2)cc1Cl. The van der Waals surface area contributed by atoms with E-state index in [4.69, 9.17) is 11.6 Å². The molecule has 0 unspecified atom stereocenters. The van der Waals surface area contributed by atoms with Gasteiger partial charge in [-0.15, -0.1) is 15.3 Å². The van der Waals surface area contributed by atoms with E-state index in [-0.39, 0.29) is 11.4 Å². The van der Waals surface area contributed by atoms with Gasteiger partial charge in [0.15, 0.2) is 9.99 Å². The van der Waals surface area contributed by atoms with Gasteiger partial charge in [-0.3, -0.25) is 4.79 Å². The maximum Gasteiger partial charge on any atom is 0.281 e. The van der Waals surface area contributed by atoms with Crippen molar-refractivity contribution in [1.82, 2.24) is 35.0 Å². The quantitative estimate of drug-likeness (QED) is 0.357. The van der Waals surface area contributed by atoms with Crippen LogP contribution < -0.4 is 10.9 Å². The summed E-state index contributed by atoms with van der Waals surface area (Å²) < 4.78 is 3.58. The molecule has 12 heteroatoms. The molecule has 32 heavy (non-hydrogen) atoms. The second-order valence-corrected chi connectivity index (χ2v) is 9.34. The number of thioether (sulfide) groups is 1. The smallest absolute Gasteiger partial charge is 0.281 e. The number of hydrogen-bond acceptors (Lipinski definition) is 9. The second kappa shape index (κ2) is 8.69. The van der Waals surface area contributed by atoms with Crippen LogP contribution in [0.15, 0.2) is 63.9 Å². The van der Waals surface area contributed by atoms with E-state index in [1.807, 2.05) is 55.5 Å². The molecule has 5 aromatic rings. The predicted octanol–water partition coefficient (Wildman–Crippen LogP) is 4.28. The molecule has 2 aromatic carbocycles. The molecule has 1 N–H and O–H groups in total. The fourth-order valence-corrected chi connectivity index (χ4v) is 4.75. The van der Waals surface area contributed by atoms with E-state index in [2.05, 4.69) is 30.9 Å². The number of aromatic nitrogens is 7. The molecule has 0 saturated carbocycles. The number of hydrogen-bond donors (Lipinski definition) is 1. The summed E-state index contributed by atoms with van der Waals surface area (Å²) >= 11 is 8.89. The van der Waals surface area contributed by atoms with E-state index in [0.717, 1.165) is 16.9 Å². The average Bonchev–Trinajstić information content (AvgIpc) is 3.44. The number of halogens is 1. The second-order valence-electron chi connectivity index (χ2n) is 6.76. The number of nitrogens with one attached hydrogen (secondary N) is 1. The molecule has 0 aliphatic rings. The number of anilines is 2. The lowest BCUT2D eigenvalue weighted by molar-refractivity contribution is 0.640. The average molecular weight is 483 g/mol. The van der Waals surface area contributed by atoms with Crippen LogP contribution in [0.5, 0.6) is 0 Å². The van der Waals surface area contributed by atoms with Gasteiger partial charge < -0.3 is 5.32 Å². The monoisotopic (exact) mass is 482 g/mol. The molecule has 9 nitrogen and oxygen atoms in total. The first-order valence-electron chi connectivity index (χ1n) is 9.45. The molecule has 0 saturated heterocycles. The molecule has 0 amide bonds. The van der Waals surface area contributed by atoms with E-state index in [0.29, 0.717) is 25.5 Å². The van der Waals surface area contributed by atoms with Gasteiger partial charge in [-0.25, -0.2) is 4.68 Å². The van der Waals surface area contributed by atoms with Gasteiger partial charge in [-0.05, 0) is 36.8 Å². The first-order valence-corrected chi connectivity index (χ1v) is 11.6. The van der Waals surface area contributed by atoms with Gasteiger partial charge >= 0.3 is 0 Å². The Labute approximate surface area is 195 Å². The van der Waals surface area contributed by atoms with Crippen molar-refractivity contribution in [3.8, 4) is 5.69 Å². The zero-order valence-electron chi connectivity index (χ0n) is 16.6. The molecule has 0 aliphatic heterocycles. The van der Waals surface area contributed by atoms with Crippen molar-refractivity contribution in [3.63, 3.8) is 0 Å². The molecule has 0 aliphatic carbocycles. The molecule has 3 aromatic heterocycles. The fraction of sp³-hybridized carbons (Fsp3) is 0.100. The Kier molecular flexibility index (Phi) is 5.60. The largest absolute Gasteiger partial charge is 0.330 e. The standard InChI is InChI=1S/C20H15ClN8OS2/c1-12-7-8-13(9-16(12)21)23-19-25-26-20(32-19)31-11-28-18(30)15-10-22-29(17(15)24-27-28)14-5-3-2-4-6-14/h2-10H,11H2,1H3,(H,23,25). The molecule has 0 radical (unpaired) electrons. The third-order valence-electron chi connectivity index (χ3n) is 4.60. The summed E-state index contributed by atoms with van der Waals surface area (Å²) in [7, 11) is 0. The minimum atomic E-state index is -0.262. The van der Waals surface area contributed by atoms with Crippen LogP contribution in [0.25, 0.3) is 16.7 Å². The Bertz CT molecular complexity index is 1460. The predicted molar refractivity (Wildman–Crippen MR) is 126 cm³/mol. The van der Waals surface area contributed by atoms with Crippen LogP contribution in [0, 0.1) is 6.92 Å². The zero-order valence-corrected chi connectivity index (χ0v) is 19.0. The molecule has 5 rings (SSSR count). The lowest BCUT2D eigenvalue weighted by Gasteiger charge is -2.04. The Hall–Kier alpha value is -3.28. The minimum Gasteiger partial charge on any atom is -0.330 e. The molecule has 3 heterocycles. The Balaban J connectivity index is 1.31. The highest BCUT2D eigenvalue weighted by molar-refractivity contribution is 8.00. The number of para-hydroxylation sites is 1. The molecule has 0 bridgehead atoms. The van der Waals surface area contributed by atoms with Gasteiger partial charge in [-0.1, -0.05) is 64.2 Å². The van der Waals surface area contributed by atoms with Gasteiger partial charge in [0.05, 0.1) is 17.8 Å². The Morgan fingerprint density at radius 2 is 1.97 bits per heavy atom. The third kappa shape index (κ3) is 4.09. The lowest BCUT2D eigenvalue weighted by Crippen LogP contribution is -2.23. The van der Waals surface area contributed by atoms with Crippen molar-refractivity contribution in [3.05, 3.63) is 75.7 Å². The summed E-state index contributed by atoms with van der Waals surface area (Å²) in [6.45, 7) is 1.95. The van der Waals surface area contributed by atoms with Gasteiger partial charge in [0.2, 0.25) is 5.13 Å². The van der Waals surface area contributed by atoms with E-state index < -0.39 is 0 Å². The Morgan fingerprint density at radius 1 is 1.12 bits per heavy atom. The van der Waals surface area contributed by atoms with Crippen molar-refractivity contribution in [1.29, 1.82) is 0 Å². The minimum absolute atomic E-state index is 0.253. The third-order valence-corrected chi connectivity index (χ3v) is 6.94. The Morgan fingerprint density at radius 3 is 2.78 bits per heavy atom. The summed E-state index contributed by atoms with van der Waals surface area (Å²) in [5.74, 6) is 0.253. The number of aryl methyl sites for hydroxylation is 1. The molecular formula is C20H15ClN8OS2. The van der Waals surface area contributed by atoms with Crippen LogP contribution in [0.2, 0.25) is 5.02 Å². The van der Waals surface area contributed by atoms with Crippen molar-refractivity contribution in [2.24, 2.45) is 0 Å². The van der Waals surface area contributed by atoms with Gasteiger partial charge in [0.1, 0.15) is 5.39 Å². The number of benzene rings is 2. The van der Waals surface area contributed by atoms with Crippen molar-refractivity contribution in [2.75, 3.05) is 5.32 Å². The van der Waals surface area contributed by atoms with Crippen LogP contribution in [0.4, 0.5) is 10.8 Å². The molecule has 0 fully saturated rings. The highest BCUT2D eigenvalue weighted by Crippen LogP contribution is 2.29. The highest BCUT2D eigenvalue weighted by Gasteiger charge is 2.14. The normalized spacial score (nSPS) is 11.2. The summed E-state index contributed by atoms with van der Waals surface area (Å²) in [6, 6.07) is 15.2. The lowest BCUT2D eigenvalue weighted by atomic mass is 10.2. The van der Waals surface area contributed by atoms with Gasteiger partial charge in [0, 0.05) is 10.7 Å². The maximum absolute atomic E-state index is 12.8. The van der Waals surface area contributed by atoms with E-state index >= 15 is 0 Å². The summed E-state index contributed by atoms with van der Waals surface area (Å²) in [6.07, 6.45) is 1.51.